The molecule has 0 spiro atoms. The van der Waals surface area contributed by atoms with Crippen molar-refractivity contribution < 1.29 is 71.1 Å². The van der Waals surface area contributed by atoms with Crippen LogP contribution in [0, 0.1) is 0 Å². The van der Waals surface area contributed by atoms with Gasteiger partial charge in [-0.2, -0.15) is 0 Å². The third-order valence-electron chi connectivity index (χ3n) is 9.72. The maximum Gasteiger partial charge on any atom is 0.409 e. The lowest BCUT2D eigenvalue weighted by Gasteiger charge is -2.19. The van der Waals surface area contributed by atoms with Crippen molar-refractivity contribution in [2.75, 3.05) is 191 Å². The van der Waals surface area contributed by atoms with Gasteiger partial charge in [0.15, 0.2) is 0 Å². The molecule has 0 atom stereocenters. The summed E-state index contributed by atoms with van der Waals surface area (Å²) in [5.74, 6) is 0.697. The van der Waals surface area contributed by atoms with Crippen molar-refractivity contribution in [3.05, 3.63) is 83.9 Å². The van der Waals surface area contributed by atoms with Gasteiger partial charge in [0.2, 0.25) is 0 Å². The van der Waals surface area contributed by atoms with E-state index in [1.165, 1.54) is 27.2 Å². The number of benzene rings is 3. The van der Waals surface area contributed by atoms with Gasteiger partial charge >= 0.3 is 6.09 Å². The van der Waals surface area contributed by atoms with E-state index in [4.69, 9.17) is 72.0 Å². The maximum absolute atomic E-state index is 12.6. The Morgan fingerprint density at radius 2 is 0.738 bits per heavy atom. The van der Waals surface area contributed by atoms with Gasteiger partial charge in [0.25, 0.3) is 0 Å². The van der Waals surface area contributed by atoms with Gasteiger partial charge in [0, 0.05) is 19.5 Å². The molecule has 0 unspecified atom stereocenters. The first-order valence-corrected chi connectivity index (χ1v) is 22.6. The fourth-order valence-electron chi connectivity index (χ4n) is 6.34. The molecule has 0 aromatic heterocycles. The zero-order valence-electron chi connectivity index (χ0n) is 38.2. The summed E-state index contributed by atoms with van der Waals surface area (Å²) >= 11 is 0. The number of likely N-dealkylation sites (N-methyl/N-ethyl adjacent to an activating group) is 1. The van der Waals surface area contributed by atoms with E-state index in [0.29, 0.717) is 190 Å². The minimum Gasteiger partial charge on any atom is -0.489 e. The number of para-hydroxylation sites is 2. The van der Waals surface area contributed by atoms with Crippen molar-refractivity contribution >= 4 is 11.8 Å². The molecule has 1 amide bonds. The number of anilines is 1. The fraction of sp³-hybridized carbons (Fsp3) is 0.604. The molecule has 0 saturated heterocycles. The zero-order valence-corrected chi connectivity index (χ0v) is 38.2. The summed E-state index contributed by atoms with van der Waals surface area (Å²) in [4.78, 5) is 14.2. The van der Waals surface area contributed by atoms with Gasteiger partial charge in [-0.3, -0.25) is 0 Å². The highest BCUT2D eigenvalue weighted by Crippen LogP contribution is 2.44. The number of ether oxygens (including phenoxy) is 14. The second kappa shape index (κ2) is 36.2. The number of nitrogens with zero attached hydrogens (tertiary/aromatic N) is 1. The number of amides is 1. The molecule has 0 bridgehead atoms. The smallest absolute Gasteiger partial charge is 0.409 e. The quantitative estimate of drug-likeness (QED) is 0.0610. The van der Waals surface area contributed by atoms with Gasteiger partial charge in [-0.1, -0.05) is 60.7 Å². The van der Waals surface area contributed by atoms with Crippen LogP contribution in [0.3, 0.4) is 0 Å². The Labute approximate surface area is 384 Å². The lowest BCUT2D eigenvalue weighted by Crippen LogP contribution is -2.32. The third-order valence-corrected chi connectivity index (χ3v) is 9.72. The fourth-order valence-corrected chi connectivity index (χ4v) is 6.34. The predicted molar refractivity (Wildman–Crippen MR) is 244 cm³/mol. The normalized spacial score (nSPS) is 12.1. The summed E-state index contributed by atoms with van der Waals surface area (Å²) in [6.45, 7) is 12.5. The number of nitrogen functional groups attached to an aromatic ring is 1. The van der Waals surface area contributed by atoms with Crippen LogP contribution in [0.15, 0.2) is 72.8 Å². The summed E-state index contributed by atoms with van der Waals surface area (Å²) in [5, 5.41) is 0. The van der Waals surface area contributed by atoms with Crippen molar-refractivity contribution in [1.29, 1.82) is 0 Å². The highest BCUT2D eigenvalue weighted by Gasteiger charge is 2.29. The summed E-state index contributed by atoms with van der Waals surface area (Å²) in [7, 11) is 1.71. The van der Waals surface area contributed by atoms with Crippen LogP contribution in [0.2, 0.25) is 0 Å². The lowest BCUT2D eigenvalue weighted by molar-refractivity contribution is -0.0286. The lowest BCUT2D eigenvalue weighted by atomic mass is 9.98. The van der Waals surface area contributed by atoms with E-state index < -0.39 is 0 Å². The van der Waals surface area contributed by atoms with Crippen LogP contribution in [-0.4, -0.2) is 196 Å². The number of rotatable bonds is 42. The molecule has 17 nitrogen and oxygen atoms in total. The monoisotopic (exact) mass is 916 g/mol. The summed E-state index contributed by atoms with van der Waals surface area (Å²) in [6, 6.07) is 23.9. The van der Waals surface area contributed by atoms with Gasteiger partial charge in [-0.25, -0.2) is 4.79 Å². The summed E-state index contributed by atoms with van der Waals surface area (Å²) in [6.07, 6.45) is -0.367. The highest BCUT2D eigenvalue weighted by molar-refractivity contribution is 5.79. The minimum absolute atomic E-state index is 0.0339. The Bertz CT molecular complexity index is 1590. The van der Waals surface area contributed by atoms with E-state index in [9.17, 15) is 4.79 Å². The molecule has 0 aliphatic heterocycles. The van der Waals surface area contributed by atoms with E-state index in [2.05, 4.69) is 24.3 Å². The summed E-state index contributed by atoms with van der Waals surface area (Å²) < 4.78 is 77.6. The van der Waals surface area contributed by atoms with Gasteiger partial charge in [-0.05, 0) is 34.4 Å². The van der Waals surface area contributed by atoms with Gasteiger partial charge < -0.3 is 76.9 Å². The average molecular weight is 917 g/mol. The van der Waals surface area contributed by atoms with Crippen molar-refractivity contribution in [1.82, 2.24) is 4.90 Å². The second-order valence-electron chi connectivity index (χ2n) is 14.5. The summed E-state index contributed by atoms with van der Waals surface area (Å²) in [5.41, 5.74) is 11.2. The number of hydrogen-bond acceptors (Lipinski definition) is 16. The number of fused-ring (bicyclic) bond motifs is 3. The van der Waals surface area contributed by atoms with Crippen LogP contribution in [0.25, 0.3) is 11.1 Å². The first-order chi connectivity index (χ1) is 32.1. The first-order valence-electron chi connectivity index (χ1n) is 22.6. The largest absolute Gasteiger partial charge is 0.489 e. The third kappa shape index (κ3) is 23.9. The molecule has 4 rings (SSSR count). The molecular formula is C48H72N2O15. The Kier molecular flexibility index (Phi) is 29.9. The van der Waals surface area contributed by atoms with Crippen LogP contribution < -0.4 is 10.5 Å². The molecule has 3 aromatic carbocycles. The van der Waals surface area contributed by atoms with Crippen LogP contribution in [0.5, 0.6) is 5.75 Å². The zero-order chi connectivity index (χ0) is 45.7. The van der Waals surface area contributed by atoms with E-state index >= 15 is 0 Å². The SMILES string of the molecule is CN(CCOCCOCCOCCOCCOCCOCCOCCOCCOCCOCCOCCOCCOc1ccccc1N)C(=O)OCC1c2ccccc2-c2ccccc21. The molecule has 0 radical (unpaired) electrons. The van der Waals surface area contributed by atoms with E-state index in [-0.39, 0.29) is 12.0 Å². The average Bonchev–Trinajstić information content (AvgIpc) is 3.65. The first kappa shape index (κ1) is 53.7. The van der Waals surface area contributed by atoms with Crippen LogP contribution >= 0.6 is 0 Å². The molecule has 1 aliphatic carbocycles. The highest BCUT2D eigenvalue weighted by atomic mass is 16.6. The standard InChI is InChI=1S/C48H72N2O15/c1-50(48(51)65-40-45-43-10-4-2-8-41(43)42-9-3-5-11-44(42)45)14-15-52-16-17-53-18-19-54-20-21-55-22-23-56-24-25-57-26-27-58-28-29-59-30-31-60-32-33-61-34-35-62-36-37-63-38-39-64-47-13-7-6-12-46(47)49/h2-13,45H,14-40,49H2,1H3. The van der Waals surface area contributed by atoms with E-state index in [0.717, 1.165) is 0 Å². The Morgan fingerprint density at radius 1 is 0.431 bits per heavy atom. The number of nitrogens with two attached hydrogens (primary N) is 1. The van der Waals surface area contributed by atoms with Crippen molar-refractivity contribution in [3.8, 4) is 16.9 Å². The molecule has 17 heteroatoms. The minimum atomic E-state index is -0.367. The number of carbonyl (C=O) groups excluding carboxylic acids is 1. The molecule has 0 saturated carbocycles. The van der Waals surface area contributed by atoms with E-state index in [1.54, 1.807) is 13.1 Å². The maximum atomic E-state index is 12.6. The van der Waals surface area contributed by atoms with Gasteiger partial charge in [0.1, 0.15) is 19.0 Å². The molecule has 65 heavy (non-hydrogen) atoms. The number of carbonyl (C=O) groups is 1. The van der Waals surface area contributed by atoms with Crippen molar-refractivity contribution in [3.63, 3.8) is 0 Å². The van der Waals surface area contributed by atoms with E-state index in [1.807, 2.05) is 42.5 Å². The van der Waals surface area contributed by atoms with Crippen LogP contribution in [0.1, 0.15) is 17.0 Å². The molecular weight excluding hydrogens is 845 g/mol. The number of hydrogen-bond donors (Lipinski definition) is 1. The molecule has 3 aromatic rings. The van der Waals surface area contributed by atoms with Crippen molar-refractivity contribution in [2.24, 2.45) is 0 Å². The predicted octanol–water partition coefficient (Wildman–Crippen LogP) is 4.73. The molecule has 1 aliphatic rings. The molecule has 0 fully saturated rings. The molecule has 364 valence electrons. The van der Waals surface area contributed by atoms with Gasteiger partial charge in [0.05, 0.1) is 164 Å². The molecule has 2 N–H and O–H groups in total. The topological polar surface area (TPSA) is 176 Å². The van der Waals surface area contributed by atoms with Crippen molar-refractivity contribution in [2.45, 2.75) is 5.92 Å². The Hall–Kier alpha value is -3.95. The van der Waals surface area contributed by atoms with Crippen LogP contribution in [-0.2, 0) is 61.6 Å². The Balaban J connectivity index is 0.765. The van der Waals surface area contributed by atoms with Gasteiger partial charge in [-0.15, -0.1) is 0 Å². The second-order valence-corrected chi connectivity index (χ2v) is 14.5. The Morgan fingerprint density at radius 3 is 1.11 bits per heavy atom. The molecule has 0 heterocycles. The van der Waals surface area contributed by atoms with Crippen LogP contribution in [0.4, 0.5) is 10.5 Å².